The van der Waals surface area contributed by atoms with Crippen LogP contribution >= 0.6 is 11.8 Å². The number of benzene rings is 2. The van der Waals surface area contributed by atoms with Crippen LogP contribution in [0.2, 0.25) is 0 Å². The zero-order valence-electron chi connectivity index (χ0n) is 16.9. The summed E-state index contributed by atoms with van der Waals surface area (Å²) < 4.78 is 0. The number of fused-ring (bicyclic) bond motifs is 1. The Balaban J connectivity index is 1.18. The van der Waals surface area contributed by atoms with Crippen molar-refractivity contribution in [2.75, 3.05) is 23.4 Å². The fourth-order valence-electron chi connectivity index (χ4n) is 3.36. The fourth-order valence-corrected chi connectivity index (χ4v) is 4.10. The predicted molar refractivity (Wildman–Crippen MR) is 119 cm³/mol. The van der Waals surface area contributed by atoms with Gasteiger partial charge in [-0.2, -0.15) is 11.8 Å². The number of amides is 4. The van der Waals surface area contributed by atoms with Gasteiger partial charge in [0, 0.05) is 23.8 Å². The molecule has 7 nitrogen and oxygen atoms in total. The highest BCUT2D eigenvalue weighted by Gasteiger charge is 2.34. The van der Waals surface area contributed by atoms with Crippen LogP contribution in [-0.4, -0.2) is 52.6 Å². The maximum Gasteiger partial charge on any atom is 0.261 e. The quantitative estimate of drug-likeness (QED) is 0.465. The topological polar surface area (TPSA) is 95.6 Å². The molecule has 4 rings (SSSR count). The van der Waals surface area contributed by atoms with Crippen molar-refractivity contribution >= 4 is 41.1 Å². The van der Waals surface area contributed by atoms with Crippen molar-refractivity contribution < 1.29 is 19.2 Å². The molecular formula is C23H23N3O4S. The van der Waals surface area contributed by atoms with Gasteiger partial charge in [-0.3, -0.25) is 24.1 Å². The minimum absolute atomic E-state index is 0.124. The third kappa shape index (κ3) is 5.14. The third-order valence-electron chi connectivity index (χ3n) is 5.10. The molecule has 8 heteroatoms. The van der Waals surface area contributed by atoms with Crippen LogP contribution in [0.4, 0.5) is 5.69 Å². The SMILES string of the molecule is O=C(CSCCCN1C(=O)c2ccccc2C1=O)Nc1cccc(C(=O)NC2CC2)c1. The number of nitrogens with zero attached hydrogens (tertiary/aromatic N) is 1. The zero-order chi connectivity index (χ0) is 21.8. The van der Waals surface area contributed by atoms with E-state index in [1.807, 2.05) is 0 Å². The second-order valence-corrected chi connectivity index (χ2v) is 8.70. The molecule has 0 bridgehead atoms. The number of thioether (sulfide) groups is 1. The molecule has 0 spiro atoms. The summed E-state index contributed by atoms with van der Waals surface area (Å²) in [5, 5.41) is 5.73. The molecule has 2 N–H and O–H groups in total. The Hall–Kier alpha value is -3.13. The van der Waals surface area contributed by atoms with E-state index in [4.69, 9.17) is 0 Å². The molecule has 0 unspecified atom stereocenters. The molecule has 160 valence electrons. The van der Waals surface area contributed by atoms with Crippen molar-refractivity contribution in [2.24, 2.45) is 0 Å². The van der Waals surface area contributed by atoms with Gasteiger partial charge in [0.25, 0.3) is 17.7 Å². The van der Waals surface area contributed by atoms with Crippen LogP contribution in [0.25, 0.3) is 0 Å². The number of hydrogen-bond acceptors (Lipinski definition) is 5. The maximum atomic E-state index is 12.3. The van der Waals surface area contributed by atoms with Crippen LogP contribution in [0, 0.1) is 0 Å². The van der Waals surface area contributed by atoms with Crippen LogP contribution in [0.3, 0.4) is 0 Å². The van der Waals surface area contributed by atoms with Crippen molar-refractivity contribution in [3.63, 3.8) is 0 Å². The van der Waals surface area contributed by atoms with E-state index >= 15 is 0 Å². The summed E-state index contributed by atoms with van der Waals surface area (Å²) in [7, 11) is 0. The van der Waals surface area contributed by atoms with Gasteiger partial charge in [0.1, 0.15) is 0 Å². The normalized spacial score (nSPS) is 15.0. The maximum absolute atomic E-state index is 12.3. The number of nitrogens with one attached hydrogen (secondary N) is 2. The van der Waals surface area contributed by atoms with Gasteiger partial charge in [-0.25, -0.2) is 0 Å². The van der Waals surface area contributed by atoms with Gasteiger partial charge >= 0.3 is 0 Å². The molecule has 0 aromatic heterocycles. The lowest BCUT2D eigenvalue weighted by Crippen LogP contribution is -2.31. The van der Waals surface area contributed by atoms with Crippen molar-refractivity contribution in [3.8, 4) is 0 Å². The Morgan fingerprint density at radius 2 is 1.71 bits per heavy atom. The first-order valence-corrected chi connectivity index (χ1v) is 11.4. The van der Waals surface area contributed by atoms with Crippen molar-refractivity contribution in [3.05, 3.63) is 65.2 Å². The molecule has 2 aromatic carbocycles. The van der Waals surface area contributed by atoms with Crippen molar-refractivity contribution in [1.82, 2.24) is 10.2 Å². The molecule has 0 radical (unpaired) electrons. The third-order valence-corrected chi connectivity index (χ3v) is 6.15. The summed E-state index contributed by atoms with van der Waals surface area (Å²) in [4.78, 5) is 50.2. The van der Waals surface area contributed by atoms with Gasteiger partial charge in [0.15, 0.2) is 0 Å². The number of rotatable bonds is 9. The van der Waals surface area contributed by atoms with Crippen LogP contribution in [0.5, 0.6) is 0 Å². The first-order valence-electron chi connectivity index (χ1n) is 10.3. The molecule has 1 saturated carbocycles. The van der Waals surface area contributed by atoms with E-state index in [9.17, 15) is 19.2 Å². The van der Waals surface area contributed by atoms with E-state index in [0.717, 1.165) is 12.8 Å². The number of imide groups is 1. The number of carbonyl (C=O) groups is 4. The monoisotopic (exact) mass is 437 g/mol. The van der Waals surface area contributed by atoms with E-state index in [2.05, 4.69) is 10.6 Å². The lowest BCUT2D eigenvalue weighted by Gasteiger charge is -2.13. The lowest BCUT2D eigenvalue weighted by atomic mass is 10.1. The largest absolute Gasteiger partial charge is 0.349 e. The molecule has 4 amide bonds. The van der Waals surface area contributed by atoms with Crippen molar-refractivity contribution in [2.45, 2.75) is 25.3 Å². The van der Waals surface area contributed by atoms with Gasteiger partial charge in [0.05, 0.1) is 16.9 Å². The molecule has 0 saturated heterocycles. The molecule has 1 aliphatic heterocycles. The summed E-state index contributed by atoms with van der Waals surface area (Å²) >= 11 is 1.44. The van der Waals surface area contributed by atoms with E-state index in [1.165, 1.54) is 16.7 Å². The van der Waals surface area contributed by atoms with Gasteiger partial charge < -0.3 is 10.6 Å². The molecule has 1 fully saturated rings. The second kappa shape index (κ2) is 9.34. The highest BCUT2D eigenvalue weighted by Crippen LogP contribution is 2.23. The van der Waals surface area contributed by atoms with Gasteiger partial charge in [-0.1, -0.05) is 18.2 Å². The predicted octanol–water partition coefficient (Wildman–Crippen LogP) is 2.94. The lowest BCUT2D eigenvalue weighted by molar-refractivity contribution is -0.113. The zero-order valence-corrected chi connectivity index (χ0v) is 17.7. The minimum Gasteiger partial charge on any atom is -0.349 e. The number of hydrogen-bond donors (Lipinski definition) is 2. The first-order chi connectivity index (χ1) is 15.0. The summed E-state index contributed by atoms with van der Waals surface area (Å²) in [6.45, 7) is 0.332. The summed E-state index contributed by atoms with van der Waals surface area (Å²) in [5.74, 6) is 0.0974. The van der Waals surface area contributed by atoms with E-state index in [0.29, 0.717) is 41.1 Å². The Labute approximate surface area is 184 Å². The molecule has 2 aromatic rings. The van der Waals surface area contributed by atoms with E-state index in [1.54, 1.807) is 48.5 Å². The second-order valence-electron chi connectivity index (χ2n) is 7.59. The number of anilines is 1. The van der Waals surface area contributed by atoms with Crippen molar-refractivity contribution in [1.29, 1.82) is 0 Å². The van der Waals surface area contributed by atoms with E-state index in [-0.39, 0.29) is 35.4 Å². The highest BCUT2D eigenvalue weighted by atomic mass is 32.2. The van der Waals surface area contributed by atoms with Gasteiger partial charge in [-0.05, 0) is 55.3 Å². The molecule has 1 heterocycles. The standard InChI is InChI=1S/C23H23N3O4S/c27-20(24-17-6-3-5-15(13-17)21(28)25-16-9-10-16)14-31-12-4-11-26-22(29)18-7-1-2-8-19(18)23(26)30/h1-3,5-8,13,16H,4,9-12,14H2,(H,24,27)(H,25,28). The fraction of sp³-hybridized carbons (Fsp3) is 0.304. The highest BCUT2D eigenvalue weighted by molar-refractivity contribution is 7.99. The van der Waals surface area contributed by atoms with E-state index < -0.39 is 0 Å². The Kier molecular flexibility index (Phi) is 6.36. The Morgan fingerprint density at radius 1 is 1.00 bits per heavy atom. The molecule has 2 aliphatic rings. The molecule has 0 atom stereocenters. The first kappa shape index (κ1) is 21.1. The Morgan fingerprint density at radius 3 is 2.39 bits per heavy atom. The van der Waals surface area contributed by atoms with Crippen LogP contribution < -0.4 is 10.6 Å². The summed E-state index contributed by atoms with van der Waals surface area (Å²) in [6.07, 6.45) is 2.65. The Bertz CT molecular complexity index is 1000. The summed E-state index contributed by atoms with van der Waals surface area (Å²) in [5.41, 5.74) is 2.01. The minimum atomic E-state index is -0.256. The average Bonchev–Trinajstić information content (AvgIpc) is 3.55. The van der Waals surface area contributed by atoms with Gasteiger partial charge in [-0.15, -0.1) is 0 Å². The summed E-state index contributed by atoms with van der Waals surface area (Å²) in [6, 6.07) is 14.0. The average molecular weight is 438 g/mol. The number of carbonyl (C=O) groups excluding carboxylic acids is 4. The molecule has 31 heavy (non-hydrogen) atoms. The smallest absolute Gasteiger partial charge is 0.261 e. The van der Waals surface area contributed by atoms with Crippen LogP contribution in [0.15, 0.2) is 48.5 Å². The van der Waals surface area contributed by atoms with Crippen LogP contribution in [0.1, 0.15) is 50.3 Å². The van der Waals surface area contributed by atoms with Crippen LogP contribution in [-0.2, 0) is 4.79 Å². The molecule has 1 aliphatic carbocycles. The van der Waals surface area contributed by atoms with Gasteiger partial charge in [0.2, 0.25) is 5.91 Å². The molecular weight excluding hydrogens is 414 g/mol.